The molecule has 3 atom stereocenters. The van der Waals surface area contributed by atoms with Gasteiger partial charge in [-0.25, -0.2) is 0 Å². The highest BCUT2D eigenvalue weighted by Gasteiger charge is 2.31. The van der Waals surface area contributed by atoms with Crippen molar-refractivity contribution in [2.75, 3.05) is 111 Å². The molecule has 0 spiro atoms. The molecule has 4 amide bonds. The molecule has 0 bridgehead atoms. The summed E-state index contributed by atoms with van der Waals surface area (Å²) in [6.07, 6.45) is 8.26. The van der Waals surface area contributed by atoms with Gasteiger partial charge in [0.05, 0.1) is 49.5 Å². The van der Waals surface area contributed by atoms with Crippen LogP contribution < -0.4 is 31.5 Å². The van der Waals surface area contributed by atoms with E-state index in [1.54, 1.807) is 27.7 Å². The molecule has 21 nitrogen and oxygen atoms in total. The predicted octanol–water partition coefficient (Wildman–Crippen LogP) is -3.99. The van der Waals surface area contributed by atoms with Gasteiger partial charge in [-0.3, -0.25) is 48.6 Å². The summed E-state index contributed by atoms with van der Waals surface area (Å²) in [4.78, 5) is 111. The second-order valence-corrected chi connectivity index (χ2v) is 17.2. The Morgan fingerprint density at radius 3 is 2.20 bits per heavy atom. The fourth-order valence-electron chi connectivity index (χ4n) is 8.39. The number of aliphatic carboxylic acids is 3. The van der Waals surface area contributed by atoms with E-state index in [4.69, 9.17) is 0 Å². The zero-order valence-corrected chi connectivity index (χ0v) is 38.0. The summed E-state index contributed by atoms with van der Waals surface area (Å²) in [7, 11) is 0. The van der Waals surface area contributed by atoms with Crippen LogP contribution >= 0.6 is 0 Å². The van der Waals surface area contributed by atoms with Crippen molar-refractivity contribution < 1.29 is 53.7 Å². The molecule has 3 aliphatic rings. The van der Waals surface area contributed by atoms with Gasteiger partial charge >= 0.3 is 5.97 Å². The number of piperidine rings is 2. The Labute approximate surface area is 386 Å². The Hall–Kier alpha value is -5.53. The van der Waals surface area contributed by atoms with Gasteiger partial charge in [0, 0.05) is 116 Å². The maximum atomic E-state index is 13.5. The van der Waals surface area contributed by atoms with Crippen LogP contribution in [0, 0.1) is 23.7 Å². The third-order valence-corrected chi connectivity index (χ3v) is 12.3. The third-order valence-electron chi connectivity index (χ3n) is 12.3. The summed E-state index contributed by atoms with van der Waals surface area (Å²) in [5.41, 5.74) is 0.939. The average molecular weight is 923 g/mol. The predicted molar refractivity (Wildman–Crippen MR) is 235 cm³/mol. The number of pyridine rings is 1. The third kappa shape index (κ3) is 19.5. The van der Waals surface area contributed by atoms with Crippen LogP contribution in [-0.2, 0) is 38.4 Å². The number of carboxylic acids is 3. The van der Waals surface area contributed by atoms with Crippen molar-refractivity contribution in [2.45, 2.75) is 70.4 Å². The van der Waals surface area contributed by atoms with Crippen molar-refractivity contribution in [1.82, 2.24) is 50.8 Å². The second kappa shape index (κ2) is 28.5. The summed E-state index contributed by atoms with van der Waals surface area (Å²) >= 11 is 0. The fourth-order valence-corrected chi connectivity index (χ4v) is 8.39. The first-order valence-electron chi connectivity index (χ1n) is 22.9. The van der Waals surface area contributed by atoms with Gasteiger partial charge in [-0.15, -0.1) is 0 Å². The van der Waals surface area contributed by atoms with Crippen LogP contribution in [0.15, 0.2) is 18.5 Å². The molecule has 1 unspecified atom stereocenters. The minimum Gasteiger partial charge on any atom is -0.549 e. The Morgan fingerprint density at radius 1 is 0.894 bits per heavy atom. The molecule has 0 aromatic carbocycles. The largest absolute Gasteiger partial charge is 0.549 e. The van der Waals surface area contributed by atoms with Gasteiger partial charge < -0.3 is 55.9 Å². The van der Waals surface area contributed by atoms with E-state index < -0.39 is 54.3 Å². The van der Waals surface area contributed by atoms with E-state index in [0.717, 1.165) is 38.6 Å². The first-order chi connectivity index (χ1) is 31.7. The highest BCUT2D eigenvalue weighted by atomic mass is 16.4. The number of aldehydes is 1. The molecule has 0 saturated carbocycles. The molecule has 5 N–H and O–H groups in total. The van der Waals surface area contributed by atoms with Crippen LogP contribution in [0.1, 0.15) is 75.5 Å². The monoisotopic (exact) mass is 922 g/mol. The van der Waals surface area contributed by atoms with Crippen molar-refractivity contribution in [3.63, 3.8) is 0 Å². The van der Waals surface area contributed by atoms with E-state index >= 15 is 0 Å². The molecule has 3 aliphatic heterocycles. The molecule has 0 radical (unpaired) electrons. The molecule has 4 rings (SSSR count). The maximum absolute atomic E-state index is 13.5. The summed E-state index contributed by atoms with van der Waals surface area (Å²) in [6, 6.07) is 0.0503. The van der Waals surface area contributed by atoms with Crippen LogP contribution in [0.2, 0.25) is 0 Å². The molecule has 0 aliphatic carbocycles. The highest BCUT2D eigenvalue weighted by Crippen LogP contribution is 2.24. The number of amides is 4. The minimum absolute atomic E-state index is 0.0469. The van der Waals surface area contributed by atoms with E-state index in [0.29, 0.717) is 69.0 Å². The van der Waals surface area contributed by atoms with E-state index in [9.17, 15) is 53.7 Å². The van der Waals surface area contributed by atoms with Crippen molar-refractivity contribution in [3.05, 3.63) is 29.6 Å². The Kier molecular flexibility index (Phi) is 22.9. The van der Waals surface area contributed by atoms with Crippen molar-refractivity contribution >= 4 is 47.8 Å². The van der Waals surface area contributed by atoms with Crippen LogP contribution in [0.3, 0.4) is 0 Å². The lowest BCUT2D eigenvalue weighted by Crippen LogP contribution is -2.54. The number of carboxylic acid groups (broad SMARTS) is 3. The van der Waals surface area contributed by atoms with Gasteiger partial charge in [0.25, 0.3) is 0 Å². The highest BCUT2D eigenvalue weighted by molar-refractivity contribution is 5.87. The van der Waals surface area contributed by atoms with E-state index in [2.05, 4.69) is 38.1 Å². The number of carbonyl (C=O) groups is 8. The summed E-state index contributed by atoms with van der Waals surface area (Å²) in [5.74, 6) is 1.12. The summed E-state index contributed by atoms with van der Waals surface area (Å²) in [5, 5.41) is 44.1. The average Bonchev–Trinajstić information content (AvgIpc) is 3.29. The first-order valence-corrected chi connectivity index (χ1v) is 22.9. The number of nitrogens with zero attached hydrogens (tertiary/aromatic N) is 6. The summed E-state index contributed by atoms with van der Waals surface area (Å²) < 4.78 is 0. The van der Waals surface area contributed by atoms with Gasteiger partial charge in [-0.05, 0) is 69.7 Å². The normalized spacial score (nSPS) is 19.7. The zero-order chi connectivity index (χ0) is 47.8. The number of carbonyl (C=O) groups excluding carboxylic acids is 7. The topological polar surface area (TPSA) is 280 Å². The molecule has 66 heavy (non-hydrogen) atoms. The molecule has 1 aromatic heterocycles. The van der Waals surface area contributed by atoms with Crippen molar-refractivity contribution in [1.29, 1.82) is 0 Å². The zero-order valence-electron chi connectivity index (χ0n) is 38.0. The minimum atomic E-state index is -1.30. The van der Waals surface area contributed by atoms with Gasteiger partial charge in [0.1, 0.15) is 6.29 Å². The SMILES string of the molecule is CC(C(=O)NCC(=O)NCCC#Cc1cncc([C@H](CC(=O)O)NC(=O)[C@@H]2CCCN(C(=O)CCC3CCNCC3)C2)c1)N1CCN(CC=O)CCN(CC(=O)[O-])CCN(CC(=O)[O-])CC1. The molecular weight excluding hydrogens is 857 g/mol. The van der Waals surface area contributed by atoms with Crippen LogP contribution in [-0.4, -0.2) is 200 Å². The molecule has 3 fully saturated rings. The Bertz CT molecular complexity index is 1870. The van der Waals surface area contributed by atoms with Gasteiger partial charge in [0.15, 0.2) is 0 Å². The maximum Gasteiger partial charge on any atom is 0.305 e. The lowest BCUT2D eigenvalue weighted by atomic mass is 9.92. The first kappa shape index (κ1) is 53.1. The number of hydrogen-bond acceptors (Lipinski definition) is 16. The number of rotatable bonds is 20. The van der Waals surface area contributed by atoms with Gasteiger partial charge in [-0.2, -0.15) is 0 Å². The lowest BCUT2D eigenvalue weighted by molar-refractivity contribution is -0.308. The van der Waals surface area contributed by atoms with Crippen LogP contribution in [0.4, 0.5) is 0 Å². The Morgan fingerprint density at radius 2 is 1.55 bits per heavy atom. The Balaban J connectivity index is 1.25. The number of hydrogen-bond donors (Lipinski definition) is 5. The standard InChI is InChI=1S/C45H68N10O11/c1-33(54-21-19-51(23-24-56)15-16-52(31-42(61)62)17-18-53(20-22-54)32-43(63)64)44(65)49-29-39(57)48-11-3-2-5-35-25-37(28-47-27-35)38(26-41(59)60)50-45(66)36-6-4-14-55(30-36)40(58)8-7-34-9-12-46-13-10-34/h24-25,27-28,33-34,36,38,46H,3-4,6-23,26,29-32H2,1H3,(H,48,57)(H,49,65)(H,50,66)(H,59,60)(H,61,62)(H,63,64)/p-2/t33?,36-,38+/m1/s1. The molecule has 1 aromatic rings. The lowest BCUT2D eigenvalue weighted by Gasteiger charge is -2.35. The molecule has 21 heteroatoms. The van der Waals surface area contributed by atoms with E-state index in [-0.39, 0.29) is 83.6 Å². The number of aromatic nitrogens is 1. The number of nitrogens with one attached hydrogen (secondary N) is 4. The molecule has 3 saturated heterocycles. The van der Waals surface area contributed by atoms with Gasteiger partial charge in [0.2, 0.25) is 23.6 Å². The van der Waals surface area contributed by atoms with Crippen LogP contribution in [0.25, 0.3) is 0 Å². The molecule has 4 heterocycles. The van der Waals surface area contributed by atoms with Crippen molar-refractivity contribution in [3.8, 4) is 11.8 Å². The van der Waals surface area contributed by atoms with E-state index in [1.807, 2.05) is 9.80 Å². The van der Waals surface area contributed by atoms with E-state index in [1.165, 1.54) is 12.4 Å². The van der Waals surface area contributed by atoms with Gasteiger partial charge in [-0.1, -0.05) is 11.8 Å². The van der Waals surface area contributed by atoms with Crippen molar-refractivity contribution in [2.24, 2.45) is 11.8 Å². The fraction of sp³-hybridized carbons (Fsp3) is 0.667. The van der Waals surface area contributed by atoms with Crippen LogP contribution in [0.5, 0.6) is 0 Å². The summed E-state index contributed by atoms with van der Waals surface area (Å²) in [6.45, 7) is 5.94. The molecular formula is C45H66N10O11-2. The smallest absolute Gasteiger partial charge is 0.305 e. The second-order valence-electron chi connectivity index (χ2n) is 17.2. The quantitative estimate of drug-likeness (QED) is 0.0474. The molecule has 364 valence electrons. The number of likely N-dealkylation sites (tertiary alicyclic amines) is 1.